The number of carbonyl (C=O) groups is 3. The van der Waals surface area contributed by atoms with Crippen molar-refractivity contribution < 1.29 is 19.1 Å². The highest BCUT2D eigenvalue weighted by atomic mass is 16.5. The van der Waals surface area contributed by atoms with Crippen LogP contribution in [0.4, 0.5) is 11.4 Å². The number of benzene rings is 2. The third kappa shape index (κ3) is 5.75. The molecule has 0 aromatic heterocycles. The summed E-state index contributed by atoms with van der Waals surface area (Å²) in [6, 6.07) is 13.5. The van der Waals surface area contributed by atoms with Crippen molar-refractivity contribution in [3.63, 3.8) is 0 Å². The summed E-state index contributed by atoms with van der Waals surface area (Å²) >= 11 is 0. The lowest BCUT2D eigenvalue weighted by molar-refractivity contribution is -0.132. The second-order valence-corrected chi connectivity index (χ2v) is 8.99. The molecule has 2 aromatic carbocycles. The average Bonchev–Trinajstić information content (AvgIpc) is 3.29. The molecule has 180 valence electrons. The van der Waals surface area contributed by atoms with E-state index in [0.29, 0.717) is 50.1 Å². The first-order chi connectivity index (χ1) is 16.4. The molecule has 1 saturated heterocycles. The molecule has 1 atom stereocenters. The summed E-state index contributed by atoms with van der Waals surface area (Å²) in [6.45, 7) is 3.59. The Kier molecular flexibility index (Phi) is 7.47. The number of aldehydes is 1. The standard InChI is InChI=1S/C26H32N4O4/c1-28(2)21-7-3-19(4-8-21)5-10-26(33)30-15-13-29(14-16-30)12-11-23(32)20-6-9-22-24(17-20)34-25(18-31)27-22/h3-4,6-9,17-18,25,27H,5,10-16H2,1-2H3. The Hall–Kier alpha value is -3.39. The Balaban J connectivity index is 1.18. The molecule has 2 heterocycles. The first-order valence-corrected chi connectivity index (χ1v) is 11.7. The van der Waals surface area contributed by atoms with Gasteiger partial charge in [0.2, 0.25) is 12.1 Å². The van der Waals surface area contributed by atoms with Crippen LogP contribution < -0.4 is 15.0 Å². The molecule has 0 spiro atoms. The zero-order valence-electron chi connectivity index (χ0n) is 19.8. The maximum absolute atomic E-state index is 12.6. The number of amides is 1. The van der Waals surface area contributed by atoms with Crippen LogP contribution in [0.5, 0.6) is 5.75 Å². The fourth-order valence-electron chi connectivity index (χ4n) is 4.29. The van der Waals surface area contributed by atoms with Crippen molar-refractivity contribution in [3.8, 4) is 5.75 Å². The summed E-state index contributed by atoms with van der Waals surface area (Å²) in [5.74, 6) is 0.760. The quantitative estimate of drug-likeness (QED) is 0.451. The van der Waals surface area contributed by atoms with E-state index in [1.165, 1.54) is 5.56 Å². The molecule has 0 radical (unpaired) electrons. The number of anilines is 2. The van der Waals surface area contributed by atoms with Crippen molar-refractivity contribution in [2.24, 2.45) is 0 Å². The molecule has 1 unspecified atom stereocenters. The summed E-state index contributed by atoms with van der Waals surface area (Å²) in [5, 5.41) is 2.93. The van der Waals surface area contributed by atoms with Crippen LogP contribution in [0.2, 0.25) is 0 Å². The van der Waals surface area contributed by atoms with E-state index in [0.717, 1.165) is 30.9 Å². The van der Waals surface area contributed by atoms with Crippen LogP contribution in [0.1, 0.15) is 28.8 Å². The smallest absolute Gasteiger partial charge is 0.226 e. The van der Waals surface area contributed by atoms with Crippen LogP contribution in [-0.4, -0.2) is 80.8 Å². The highest BCUT2D eigenvalue weighted by Crippen LogP contribution is 2.32. The van der Waals surface area contributed by atoms with Crippen LogP contribution in [0.25, 0.3) is 0 Å². The molecule has 0 bridgehead atoms. The predicted octanol–water partition coefficient (Wildman–Crippen LogP) is 2.43. The predicted molar refractivity (Wildman–Crippen MR) is 132 cm³/mol. The summed E-state index contributed by atoms with van der Waals surface area (Å²) < 4.78 is 5.46. The minimum Gasteiger partial charge on any atom is -0.461 e. The molecule has 8 heteroatoms. The number of nitrogens with one attached hydrogen (secondary N) is 1. The summed E-state index contributed by atoms with van der Waals surface area (Å²) in [6.07, 6.45) is 1.66. The van der Waals surface area contributed by atoms with Gasteiger partial charge < -0.3 is 19.9 Å². The van der Waals surface area contributed by atoms with Gasteiger partial charge in [-0.25, -0.2) is 0 Å². The number of Topliss-reactive ketones (excluding diaryl/α,β-unsaturated/α-hetero) is 1. The number of hydrogen-bond acceptors (Lipinski definition) is 7. The molecular weight excluding hydrogens is 432 g/mol. The minimum absolute atomic E-state index is 0.0414. The second kappa shape index (κ2) is 10.7. The van der Waals surface area contributed by atoms with Crippen LogP contribution >= 0.6 is 0 Å². The van der Waals surface area contributed by atoms with Gasteiger partial charge in [0.25, 0.3) is 0 Å². The van der Waals surface area contributed by atoms with Gasteiger partial charge in [-0.3, -0.25) is 19.3 Å². The third-order valence-corrected chi connectivity index (χ3v) is 6.44. The van der Waals surface area contributed by atoms with Gasteiger partial charge in [-0.05, 0) is 42.3 Å². The number of carbonyl (C=O) groups excluding carboxylic acids is 3. The zero-order valence-corrected chi connectivity index (χ0v) is 19.8. The third-order valence-electron chi connectivity index (χ3n) is 6.44. The largest absolute Gasteiger partial charge is 0.461 e. The second-order valence-electron chi connectivity index (χ2n) is 8.99. The van der Waals surface area contributed by atoms with Crippen molar-refractivity contribution >= 4 is 29.4 Å². The maximum atomic E-state index is 12.6. The molecule has 1 N–H and O–H groups in total. The van der Waals surface area contributed by atoms with Crippen LogP contribution in [0, 0.1) is 0 Å². The summed E-state index contributed by atoms with van der Waals surface area (Å²) in [7, 11) is 4.02. The zero-order chi connectivity index (χ0) is 24.1. The summed E-state index contributed by atoms with van der Waals surface area (Å²) in [5.41, 5.74) is 3.63. The highest BCUT2D eigenvalue weighted by Gasteiger charge is 2.24. The van der Waals surface area contributed by atoms with Crippen molar-refractivity contribution in [2.75, 3.05) is 57.0 Å². The van der Waals surface area contributed by atoms with E-state index < -0.39 is 6.23 Å². The molecule has 2 aromatic rings. The van der Waals surface area contributed by atoms with Gasteiger partial charge in [0, 0.05) is 70.9 Å². The molecular formula is C26H32N4O4. The van der Waals surface area contributed by atoms with Crippen LogP contribution in [0.3, 0.4) is 0 Å². The van der Waals surface area contributed by atoms with Crippen LogP contribution in [-0.2, 0) is 16.0 Å². The van der Waals surface area contributed by atoms with Crippen molar-refractivity contribution in [1.29, 1.82) is 0 Å². The molecule has 2 aliphatic heterocycles. The Morgan fingerprint density at radius 2 is 1.79 bits per heavy atom. The molecule has 1 fully saturated rings. The van der Waals surface area contributed by atoms with E-state index in [-0.39, 0.29) is 11.7 Å². The normalized spacial score (nSPS) is 17.5. The molecule has 0 saturated carbocycles. The number of piperazine rings is 1. The van der Waals surface area contributed by atoms with Gasteiger partial charge in [0.1, 0.15) is 5.75 Å². The number of rotatable bonds is 9. The lowest BCUT2D eigenvalue weighted by atomic mass is 10.1. The number of ether oxygens (including phenoxy) is 1. The van der Waals surface area contributed by atoms with Gasteiger partial charge in [0.15, 0.2) is 12.1 Å². The van der Waals surface area contributed by atoms with E-state index >= 15 is 0 Å². The Morgan fingerprint density at radius 1 is 1.06 bits per heavy atom. The van der Waals surface area contributed by atoms with E-state index in [4.69, 9.17) is 4.74 Å². The lowest BCUT2D eigenvalue weighted by Gasteiger charge is -2.34. The van der Waals surface area contributed by atoms with Gasteiger partial charge in [-0.15, -0.1) is 0 Å². The number of ketones is 1. The number of nitrogens with zero attached hydrogens (tertiary/aromatic N) is 3. The molecule has 2 aliphatic rings. The van der Waals surface area contributed by atoms with Gasteiger partial charge in [0.05, 0.1) is 5.69 Å². The van der Waals surface area contributed by atoms with Crippen molar-refractivity contribution in [3.05, 3.63) is 53.6 Å². The summed E-state index contributed by atoms with van der Waals surface area (Å²) in [4.78, 5) is 42.4. The maximum Gasteiger partial charge on any atom is 0.226 e. The highest BCUT2D eigenvalue weighted by molar-refractivity contribution is 5.97. The molecule has 1 amide bonds. The van der Waals surface area contributed by atoms with Gasteiger partial charge in [-0.2, -0.15) is 0 Å². The SMILES string of the molecule is CN(C)c1ccc(CCC(=O)N2CCN(CCC(=O)c3ccc4c(c3)OC(C=O)N4)CC2)cc1. The molecule has 34 heavy (non-hydrogen) atoms. The van der Waals surface area contributed by atoms with Gasteiger partial charge >= 0.3 is 0 Å². The lowest BCUT2D eigenvalue weighted by Crippen LogP contribution is -2.49. The van der Waals surface area contributed by atoms with E-state index in [9.17, 15) is 14.4 Å². The number of hydrogen-bond donors (Lipinski definition) is 1. The van der Waals surface area contributed by atoms with E-state index in [1.807, 2.05) is 19.0 Å². The van der Waals surface area contributed by atoms with Crippen molar-refractivity contribution in [1.82, 2.24) is 9.80 Å². The van der Waals surface area contributed by atoms with Crippen molar-refractivity contribution in [2.45, 2.75) is 25.5 Å². The molecule has 8 nitrogen and oxygen atoms in total. The van der Waals surface area contributed by atoms with E-state index in [2.05, 4.69) is 39.4 Å². The minimum atomic E-state index is -0.692. The Morgan fingerprint density at radius 3 is 2.47 bits per heavy atom. The fourth-order valence-corrected chi connectivity index (χ4v) is 4.29. The van der Waals surface area contributed by atoms with Crippen LogP contribution in [0.15, 0.2) is 42.5 Å². The Labute approximate surface area is 200 Å². The molecule has 4 rings (SSSR count). The average molecular weight is 465 g/mol. The monoisotopic (exact) mass is 464 g/mol. The fraction of sp³-hybridized carbons (Fsp3) is 0.423. The first-order valence-electron chi connectivity index (χ1n) is 11.7. The van der Waals surface area contributed by atoms with E-state index in [1.54, 1.807) is 18.2 Å². The molecule has 0 aliphatic carbocycles. The Bertz CT molecular complexity index is 1030. The van der Waals surface area contributed by atoms with Gasteiger partial charge in [-0.1, -0.05) is 12.1 Å². The number of fused-ring (bicyclic) bond motifs is 1. The topological polar surface area (TPSA) is 82.2 Å². The first kappa shape index (κ1) is 23.8. The number of aryl methyl sites for hydroxylation is 1.